The van der Waals surface area contributed by atoms with Gasteiger partial charge in [0.15, 0.2) is 6.29 Å². The molecule has 2 N–H and O–H groups in total. The summed E-state index contributed by atoms with van der Waals surface area (Å²) in [5.74, 6) is 0. The van der Waals surface area contributed by atoms with Gasteiger partial charge in [0.2, 0.25) is 0 Å². The van der Waals surface area contributed by atoms with Crippen LogP contribution in [-0.4, -0.2) is 40.5 Å². The van der Waals surface area contributed by atoms with Crippen molar-refractivity contribution in [3.63, 3.8) is 0 Å². The summed E-state index contributed by atoms with van der Waals surface area (Å²) in [6.45, 7) is 4.78. The van der Waals surface area contributed by atoms with E-state index in [1.807, 2.05) is 13.8 Å². The van der Waals surface area contributed by atoms with Crippen LogP contribution in [0.2, 0.25) is 0 Å². The second-order valence-electron chi connectivity index (χ2n) is 3.58. The largest absolute Gasteiger partial charge is 0.352 e. The SMILES string of the molecule is CCOC(CNS(=O)(=O)NC1CC1)OCC. The third-order valence-corrected chi connectivity index (χ3v) is 3.23. The molecule has 0 spiro atoms. The Bertz CT molecular complexity index is 284. The smallest absolute Gasteiger partial charge is 0.277 e. The fourth-order valence-electron chi connectivity index (χ4n) is 1.18. The molecule has 0 aliphatic heterocycles. The van der Waals surface area contributed by atoms with E-state index in [2.05, 4.69) is 9.44 Å². The summed E-state index contributed by atoms with van der Waals surface area (Å²) in [7, 11) is -3.41. The second kappa shape index (κ2) is 6.51. The quantitative estimate of drug-likeness (QED) is 0.565. The van der Waals surface area contributed by atoms with Crippen molar-refractivity contribution in [2.75, 3.05) is 19.8 Å². The predicted octanol–water partition coefficient (Wildman–Crippen LogP) is -0.0281. The summed E-state index contributed by atoms with van der Waals surface area (Å²) >= 11 is 0. The molecule has 7 heteroatoms. The molecule has 16 heavy (non-hydrogen) atoms. The van der Waals surface area contributed by atoms with Crippen LogP contribution in [0, 0.1) is 0 Å². The average Bonchev–Trinajstić information content (AvgIpc) is 2.98. The van der Waals surface area contributed by atoms with Crippen LogP contribution in [0.5, 0.6) is 0 Å². The first kappa shape index (κ1) is 13.9. The molecule has 0 heterocycles. The molecule has 1 rings (SSSR count). The highest BCUT2D eigenvalue weighted by molar-refractivity contribution is 7.87. The van der Waals surface area contributed by atoms with Gasteiger partial charge < -0.3 is 9.47 Å². The maximum atomic E-state index is 11.5. The fourth-order valence-corrected chi connectivity index (χ4v) is 2.29. The molecule has 0 aromatic heterocycles. The van der Waals surface area contributed by atoms with Gasteiger partial charge in [0.25, 0.3) is 10.2 Å². The van der Waals surface area contributed by atoms with Gasteiger partial charge in [-0.15, -0.1) is 0 Å². The zero-order valence-corrected chi connectivity index (χ0v) is 10.5. The summed E-state index contributed by atoms with van der Waals surface area (Å²) < 4.78 is 38.3. The molecule has 0 radical (unpaired) electrons. The molecule has 0 bridgehead atoms. The maximum Gasteiger partial charge on any atom is 0.277 e. The number of nitrogens with one attached hydrogen (secondary N) is 2. The number of hydrogen-bond donors (Lipinski definition) is 2. The van der Waals surface area contributed by atoms with Crippen LogP contribution in [-0.2, 0) is 19.7 Å². The van der Waals surface area contributed by atoms with E-state index in [9.17, 15) is 8.42 Å². The van der Waals surface area contributed by atoms with Gasteiger partial charge in [-0.2, -0.15) is 17.9 Å². The Morgan fingerprint density at radius 3 is 2.25 bits per heavy atom. The van der Waals surface area contributed by atoms with E-state index in [0.717, 1.165) is 12.8 Å². The molecule has 96 valence electrons. The van der Waals surface area contributed by atoms with Gasteiger partial charge in [0.05, 0.1) is 6.54 Å². The highest BCUT2D eigenvalue weighted by atomic mass is 32.2. The van der Waals surface area contributed by atoms with E-state index in [4.69, 9.17) is 9.47 Å². The molecule has 0 unspecified atom stereocenters. The van der Waals surface area contributed by atoms with Crippen LogP contribution < -0.4 is 9.44 Å². The highest BCUT2D eigenvalue weighted by Gasteiger charge is 2.27. The molecule has 0 aromatic rings. The molecule has 6 nitrogen and oxygen atoms in total. The fraction of sp³-hybridized carbons (Fsp3) is 1.00. The van der Waals surface area contributed by atoms with Crippen LogP contribution in [0.4, 0.5) is 0 Å². The Labute approximate surface area is 96.9 Å². The first-order chi connectivity index (χ1) is 7.57. The summed E-state index contributed by atoms with van der Waals surface area (Å²) in [5, 5.41) is 0. The Kier molecular flexibility index (Phi) is 5.63. The van der Waals surface area contributed by atoms with Crippen molar-refractivity contribution in [3.8, 4) is 0 Å². The zero-order chi connectivity index (χ0) is 12.0. The van der Waals surface area contributed by atoms with Gasteiger partial charge in [-0.1, -0.05) is 0 Å². The lowest BCUT2D eigenvalue weighted by atomic mass is 10.6. The molecular formula is C9H20N2O4S. The van der Waals surface area contributed by atoms with Crippen molar-refractivity contribution < 1.29 is 17.9 Å². The van der Waals surface area contributed by atoms with Gasteiger partial charge in [-0.05, 0) is 26.7 Å². The van der Waals surface area contributed by atoms with Crippen molar-refractivity contribution in [2.45, 2.75) is 39.0 Å². The van der Waals surface area contributed by atoms with E-state index in [1.54, 1.807) is 0 Å². The summed E-state index contributed by atoms with van der Waals surface area (Å²) in [6, 6.07) is 0.107. The monoisotopic (exact) mass is 252 g/mol. The van der Waals surface area contributed by atoms with Crippen LogP contribution in [0.3, 0.4) is 0 Å². The van der Waals surface area contributed by atoms with Crippen LogP contribution in [0.15, 0.2) is 0 Å². The zero-order valence-electron chi connectivity index (χ0n) is 9.73. The average molecular weight is 252 g/mol. The van der Waals surface area contributed by atoms with Crippen molar-refractivity contribution in [1.29, 1.82) is 0 Å². The van der Waals surface area contributed by atoms with Gasteiger partial charge >= 0.3 is 0 Å². The first-order valence-corrected chi connectivity index (χ1v) is 7.05. The lowest BCUT2D eigenvalue weighted by Gasteiger charge is -2.17. The van der Waals surface area contributed by atoms with Crippen molar-refractivity contribution in [1.82, 2.24) is 9.44 Å². The van der Waals surface area contributed by atoms with Crippen LogP contribution in [0.1, 0.15) is 26.7 Å². The summed E-state index contributed by atoms with van der Waals surface area (Å²) in [5.41, 5.74) is 0. The summed E-state index contributed by atoms with van der Waals surface area (Å²) in [6.07, 6.45) is 1.31. The molecule has 0 atom stereocenters. The maximum absolute atomic E-state index is 11.5. The van der Waals surface area contributed by atoms with Crippen molar-refractivity contribution in [3.05, 3.63) is 0 Å². The van der Waals surface area contributed by atoms with E-state index in [1.165, 1.54) is 0 Å². The second-order valence-corrected chi connectivity index (χ2v) is 5.12. The molecule has 0 amide bonds. The minimum absolute atomic E-state index is 0.107. The summed E-state index contributed by atoms with van der Waals surface area (Å²) in [4.78, 5) is 0. The lowest BCUT2D eigenvalue weighted by Crippen LogP contribution is -2.42. The van der Waals surface area contributed by atoms with Gasteiger partial charge in [-0.3, -0.25) is 0 Å². The molecule has 1 fully saturated rings. The number of rotatable bonds is 9. The van der Waals surface area contributed by atoms with Gasteiger partial charge in [0, 0.05) is 19.3 Å². The normalized spacial score (nSPS) is 16.9. The molecule has 0 saturated heterocycles. The third kappa shape index (κ3) is 5.76. The first-order valence-electron chi connectivity index (χ1n) is 5.57. The Balaban J connectivity index is 2.28. The molecule has 1 aliphatic rings. The standard InChI is InChI=1S/C9H20N2O4S/c1-3-14-9(15-4-2)7-10-16(12,13)11-8-5-6-8/h8-11H,3-7H2,1-2H3. The van der Waals surface area contributed by atoms with E-state index >= 15 is 0 Å². The number of ether oxygens (including phenoxy) is 2. The molecular weight excluding hydrogens is 232 g/mol. The topological polar surface area (TPSA) is 76.7 Å². The Hall–Kier alpha value is -0.210. The lowest BCUT2D eigenvalue weighted by molar-refractivity contribution is -0.130. The van der Waals surface area contributed by atoms with E-state index in [0.29, 0.717) is 13.2 Å². The Morgan fingerprint density at radius 2 is 1.81 bits per heavy atom. The predicted molar refractivity (Wildman–Crippen MR) is 60.1 cm³/mol. The van der Waals surface area contributed by atoms with Gasteiger partial charge in [-0.25, -0.2) is 0 Å². The minimum atomic E-state index is -3.41. The van der Waals surface area contributed by atoms with E-state index in [-0.39, 0.29) is 12.6 Å². The highest BCUT2D eigenvalue weighted by Crippen LogP contribution is 2.19. The third-order valence-electron chi connectivity index (χ3n) is 2.04. The van der Waals surface area contributed by atoms with Crippen LogP contribution in [0.25, 0.3) is 0 Å². The molecule has 1 aliphatic carbocycles. The van der Waals surface area contributed by atoms with Gasteiger partial charge in [0.1, 0.15) is 0 Å². The van der Waals surface area contributed by atoms with E-state index < -0.39 is 16.5 Å². The Morgan fingerprint density at radius 1 is 1.25 bits per heavy atom. The van der Waals surface area contributed by atoms with Crippen molar-refractivity contribution >= 4 is 10.2 Å². The minimum Gasteiger partial charge on any atom is -0.352 e. The number of hydrogen-bond acceptors (Lipinski definition) is 4. The molecule has 1 saturated carbocycles. The van der Waals surface area contributed by atoms with Crippen molar-refractivity contribution in [2.24, 2.45) is 0 Å². The van der Waals surface area contributed by atoms with Crippen LogP contribution >= 0.6 is 0 Å². The molecule has 0 aromatic carbocycles.